The zero-order valence-corrected chi connectivity index (χ0v) is 12.0. The van der Waals surface area contributed by atoms with Crippen LogP contribution in [-0.4, -0.2) is 35.0 Å². The molecular weight excluding hydrogens is 250 g/mol. The van der Waals surface area contributed by atoms with Gasteiger partial charge in [-0.05, 0) is 18.4 Å². The average Bonchev–Trinajstić information content (AvgIpc) is 2.48. The van der Waals surface area contributed by atoms with Crippen LogP contribution in [0.2, 0.25) is 0 Å². The van der Waals surface area contributed by atoms with E-state index in [1.165, 1.54) is 32.1 Å². The normalized spacial score (nSPS) is 16.5. The Labute approximate surface area is 121 Å². The number of rotatable bonds is 6. The average molecular weight is 275 g/mol. The Morgan fingerprint density at radius 2 is 1.95 bits per heavy atom. The predicted molar refractivity (Wildman–Crippen MR) is 81.8 cm³/mol. The van der Waals surface area contributed by atoms with Gasteiger partial charge in [0, 0.05) is 24.7 Å². The van der Waals surface area contributed by atoms with E-state index in [1.807, 2.05) is 24.3 Å². The van der Waals surface area contributed by atoms with Gasteiger partial charge in [-0.2, -0.15) is 0 Å². The molecule has 0 unspecified atom stereocenters. The number of aliphatic hydroxyl groups excluding tert-OH is 1. The first-order valence-corrected chi connectivity index (χ1v) is 7.49. The van der Waals surface area contributed by atoms with Crippen LogP contribution in [0.1, 0.15) is 43.2 Å². The monoisotopic (exact) mass is 275 g/mol. The standard InChI is InChI=1S/C16H25N3O/c17-16(18)15-9-5-4-6-13(15)12-19(10-11-20)14-7-2-1-3-8-14/h4-6,9,14,20H,1-3,7-8,10-12H2,(H3,17,18). The molecule has 0 spiro atoms. The first kappa shape index (κ1) is 15.0. The van der Waals surface area contributed by atoms with E-state index in [0.717, 1.165) is 17.7 Å². The molecule has 0 saturated heterocycles. The number of amidine groups is 1. The molecule has 110 valence electrons. The topological polar surface area (TPSA) is 73.3 Å². The number of aliphatic hydroxyl groups is 1. The van der Waals surface area contributed by atoms with E-state index in [1.54, 1.807) is 0 Å². The molecule has 1 aromatic carbocycles. The van der Waals surface area contributed by atoms with Crippen LogP contribution in [0.15, 0.2) is 24.3 Å². The summed E-state index contributed by atoms with van der Waals surface area (Å²) in [5.74, 6) is 0.119. The van der Waals surface area contributed by atoms with Crippen LogP contribution in [0, 0.1) is 5.41 Å². The fraction of sp³-hybridized carbons (Fsp3) is 0.562. The minimum atomic E-state index is 0.119. The Morgan fingerprint density at radius 1 is 1.25 bits per heavy atom. The van der Waals surface area contributed by atoms with Gasteiger partial charge >= 0.3 is 0 Å². The van der Waals surface area contributed by atoms with E-state index in [0.29, 0.717) is 12.6 Å². The molecule has 1 aliphatic rings. The van der Waals surface area contributed by atoms with E-state index in [2.05, 4.69) is 4.90 Å². The molecule has 1 aliphatic carbocycles. The highest BCUT2D eigenvalue weighted by Crippen LogP contribution is 2.24. The van der Waals surface area contributed by atoms with Crippen molar-refractivity contribution in [3.8, 4) is 0 Å². The van der Waals surface area contributed by atoms with Gasteiger partial charge in [0.05, 0.1) is 6.61 Å². The molecule has 4 heteroatoms. The van der Waals surface area contributed by atoms with E-state index < -0.39 is 0 Å². The van der Waals surface area contributed by atoms with Crippen molar-refractivity contribution < 1.29 is 5.11 Å². The predicted octanol–water partition coefficient (Wildman–Crippen LogP) is 2.10. The summed E-state index contributed by atoms with van der Waals surface area (Å²) in [6.45, 7) is 1.64. The summed E-state index contributed by atoms with van der Waals surface area (Å²) >= 11 is 0. The molecular formula is C16H25N3O. The molecule has 0 heterocycles. The molecule has 0 atom stereocenters. The lowest BCUT2D eigenvalue weighted by molar-refractivity contribution is 0.117. The summed E-state index contributed by atoms with van der Waals surface area (Å²) in [6.07, 6.45) is 6.31. The third kappa shape index (κ3) is 3.81. The highest BCUT2D eigenvalue weighted by atomic mass is 16.3. The first-order chi connectivity index (χ1) is 9.72. The fourth-order valence-electron chi connectivity index (χ4n) is 3.11. The Hall–Kier alpha value is -1.39. The summed E-state index contributed by atoms with van der Waals surface area (Å²) in [5, 5.41) is 17.0. The van der Waals surface area contributed by atoms with Gasteiger partial charge in [0.1, 0.15) is 5.84 Å². The minimum absolute atomic E-state index is 0.119. The number of nitrogens with two attached hydrogens (primary N) is 1. The molecule has 4 nitrogen and oxygen atoms in total. The molecule has 2 rings (SSSR count). The Kier molecular flexibility index (Phi) is 5.56. The highest BCUT2D eigenvalue weighted by Gasteiger charge is 2.21. The van der Waals surface area contributed by atoms with Gasteiger partial charge in [-0.3, -0.25) is 10.3 Å². The second-order valence-electron chi connectivity index (χ2n) is 5.56. The van der Waals surface area contributed by atoms with E-state index >= 15 is 0 Å². The molecule has 1 saturated carbocycles. The van der Waals surface area contributed by atoms with Crippen molar-refractivity contribution in [1.82, 2.24) is 4.90 Å². The van der Waals surface area contributed by atoms with E-state index in [9.17, 15) is 5.11 Å². The smallest absolute Gasteiger partial charge is 0.123 e. The number of nitrogens with zero attached hydrogens (tertiary/aromatic N) is 1. The van der Waals surface area contributed by atoms with Gasteiger partial charge < -0.3 is 10.8 Å². The van der Waals surface area contributed by atoms with Crippen LogP contribution >= 0.6 is 0 Å². The zero-order chi connectivity index (χ0) is 14.4. The van der Waals surface area contributed by atoms with Crippen molar-refractivity contribution >= 4 is 5.84 Å². The van der Waals surface area contributed by atoms with Crippen LogP contribution < -0.4 is 5.73 Å². The molecule has 0 radical (unpaired) electrons. The molecule has 0 amide bonds. The largest absolute Gasteiger partial charge is 0.395 e. The van der Waals surface area contributed by atoms with Crippen molar-refractivity contribution in [2.45, 2.75) is 44.7 Å². The number of benzene rings is 1. The van der Waals surface area contributed by atoms with E-state index in [4.69, 9.17) is 11.1 Å². The van der Waals surface area contributed by atoms with Crippen molar-refractivity contribution in [2.75, 3.05) is 13.2 Å². The Balaban J connectivity index is 2.13. The van der Waals surface area contributed by atoms with Gasteiger partial charge in [-0.1, -0.05) is 43.5 Å². The molecule has 20 heavy (non-hydrogen) atoms. The molecule has 1 fully saturated rings. The lowest BCUT2D eigenvalue weighted by atomic mass is 9.93. The number of hydrogen-bond acceptors (Lipinski definition) is 3. The number of hydrogen-bond donors (Lipinski definition) is 3. The molecule has 0 aliphatic heterocycles. The number of nitrogen functional groups attached to an aromatic ring is 1. The van der Waals surface area contributed by atoms with Crippen LogP contribution in [0.3, 0.4) is 0 Å². The summed E-state index contributed by atoms with van der Waals surface area (Å²) in [7, 11) is 0. The van der Waals surface area contributed by atoms with Crippen LogP contribution in [-0.2, 0) is 6.54 Å². The van der Waals surface area contributed by atoms with Gasteiger partial charge in [0.2, 0.25) is 0 Å². The molecule has 0 aromatic heterocycles. The van der Waals surface area contributed by atoms with Crippen molar-refractivity contribution in [2.24, 2.45) is 5.73 Å². The van der Waals surface area contributed by atoms with Crippen LogP contribution in [0.25, 0.3) is 0 Å². The second-order valence-corrected chi connectivity index (χ2v) is 5.56. The molecule has 4 N–H and O–H groups in total. The molecule has 0 bridgehead atoms. The van der Waals surface area contributed by atoms with Crippen LogP contribution in [0.5, 0.6) is 0 Å². The van der Waals surface area contributed by atoms with E-state index in [-0.39, 0.29) is 12.4 Å². The summed E-state index contributed by atoms with van der Waals surface area (Å²) in [6, 6.07) is 8.38. The quantitative estimate of drug-likeness (QED) is 0.550. The summed E-state index contributed by atoms with van der Waals surface area (Å²) < 4.78 is 0. The fourth-order valence-corrected chi connectivity index (χ4v) is 3.11. The lowest BCUT2D eigenvalue weighted by Gasteiger charge is -2.34. The van der Waals surface area contributed by atoms with Crippen molar-refractivity contribution in [1.29, 1.82) is 5.41 Å². The maximum Gasteiger partial charge on any atom is 0.123 e. The number of nitrogens with one attached hydrogen (secondary N) is 1. The third-order valence-corrected chi connectivity index (χ3v) is 4.16. The van der Waals surface area contributed by atoms with Crippen molar-refractivity contribution in [3.05, 3.63) is 35.4 Å². The summed E-state index contributed by atoms with van der Waals surface area (Å²) in [4.78, 5) is 2.35. The van der Waals surface area contributed by atoms with Gasteiger partial charge in [0.15, 0.2) is 0 Å². The van der Waals surface area contributed by atoms with Gasteiger partial charge in [0.25, 0.3) is 0 Å². The zero-order valence-electron chi connectivity index (χ0n) is 12.0. The highest BCUT2D eigenvalue weighted by molar-refractivity contribution is 5.96. The first-order valence-electron chi connectivity index (χ1n) is 7.49. The Morgan fingerprint density at radius 3 is 2.60 bits per heavy atom. The SMILES string of the molecule is N=C(N)c1ccccc1CN(CCO)C1CCCCC1. The molecule has 1 aromatic rings. The lowest BCUT2D eigenvalue weighted by Crippen LogP contribution is -2.38. The van der Waals surface area contributed by atoms with Gasteiger partial charge in [-0.25, -0.2) is 0 Å². The van der Waals surface area contributed by atoms with Crippen LogP contribution in [0.4, 0.5) is 0 Å². The second kappa shape index (κ2) is 7.41. The maximum absolute atomic E-state index is 9.32. The Bertz CT molecular complexity index is 441. The minimum Gasteiger partial charge on any atom is -0.395 e. The summed E-state index contributed by atoms with van der Waals surface area (Å²) in [5.41, 5.74) is 7.55. The maximum atomic E-state index is 9.32. The van der Waals surface area contributed by atoms with Crippen molar-refractivity contribution in [3.63, 3.8) is 0 Å². The van der Waals surface area contributed by atoms with Gasteiger partial charge in [-0.15, -0.1) is 0 Å². The third-order valence-electron chi connectivity index (χ3n) is 4.16.